The molecular formula is C13H20N2O4S. The van der Waals surface area contributed by atoms with E-state index in [2.05, 4.69) is 4.72 Å². The molecule has 1 aliphatic rings. The van der Waals surface area contributed by atoms with E-state index < -0.39 is 10.0 Å². The number of methoxy groups -OCH3 is 1. The van der Waals surface area contributed by atoms with Crippen LogP contribution in [-0.2, 0) is 21.2 Å². The van der Waals surface area contributed by atoms with Crippen LogP contribution in [0.4, 0.5) is 5.69 Å². The van der Waals surface area contributed by atoms with E-state index in [4.69, 9.17) is 15.2 Å². The van der Waals surface area contributed by atoms with Crippen LogP contribution in [0, 0.1) is 0 Å². The summed E-state index contributed by atoms with van der Waals surface area (Å²) in [4.78, 5) is 0.107. The zero-order chi connectivity index (χ0) is 14.8. The van der Waals surface area contributed by atoms with Crippen molar-refractivity contribution in [3.8, 4) is 5.75 Å². The van der Waals surface area contributed by atoms with Crippen LogP contribution in [0.5, 0.6) is 5.75 Å². The van der Waals surface area contributed by atoms with Crippen molar-refractivity contribution in [2.24, 2.45) is 0 Å². The Balaban J connectivity index is 2.33. The summed E-state index contributed by atoms with van der Waals surface area (Å²) < 4.78 is 37.8. The van der Waals surface area contributed by atoms with E-state index in [0.29, 0.717) is 18.0 Å². The molecule has 0 saturated carbocycles. The molecule has 112 valence electrons. The van der Waals surface area contributed by atoms with Crippen molar-refractivity contribution >= 4 is 15.7 Å². The highest BCUT2D eigenvalue weighted by Gasteiger charge is 2.25. The fraction of sp³-hybridized carbons (Fsp3) is 0.538. The van der Waals surface area contributed by atoms with Crippen LogP contribution in [-0.4, -0.2) is 34.8 Å². The summed E-state index contributed by atoms with van der Waals surface area (Å²) in [5.74, 6) is 0.419. The monoisotopic (exact) mass is 300 g/mol. The van der Waals surface area contributed by atoms with E-state index in [-0.39, 0.29) is 17.5 Å². The van der Waals surface area contributed by atoms with E-state index in [1.807, 2.05) is 0 Å². The van der Waals surface area contributed by atoms with Gasteiger partial charge >= 0.3 is 0 Å². The van der Waals surface area contributed by atoms with Crippen molar-refractivity contribution in [3.63, 3.8) is 0 Å². The van der Waals surface area contributed by atoms with Gasteiger partial charge in [-0.05, 0) is 37.5 Å². The molecule has 7 heteroatoms. The number of aryl methyl sites for hydroxylation is 1. The lowest BCUT2D eigenvalue weighted by Crippen LogP contribution is -2.32. The van der Waals surface area contributed by atoms with E-state index in [1.54, 1.807) is 13.0 Å². The molecule has 2 rings (SSSR count). The fourth-order valence-corrected chi connectivity index (χ4v) is 3.39. The molecule has 0 bridgehead atoms. The highest BCUT2D eigenvalue weighted by atomic mass is 32.2. The fourth-order valence-electron chi connectivity index (χ4n) is 2.06. The first-order chi connectivity index (χ1) is 9.44. The van der Waals surface area contributed by atoms with E-state index in [9.17, 15) is 8.42 Å². The summed E-state index contributed by atoms with van der Waals surface area (Å²) in [5, 5.41) is 0. The molecule has 0 saturated heterocycles. The van der Waals surface area contributed by atoms with Gasteiger partial charge < -0.3 is 15.2 Å². The van der Waals surface area contributed by atoms with Crippen LogP contribution in [0.3, 0.4) is 0 Å². The molecule has 0 fully saturated rings. The maximum absolute atomic E-state index is 12.4. The van der Waals surface area contributed by atoms with Gasteiger partial charge in [0.05, 0.1) is 12.7 Å². The van der Waals surface area contributed by atoms with Crippen molar-refractivity contribution in [2.75, 3.05) is 26.0 Å². The number of fused-ring (bicyclic) bond motifs is 1. The molecule has 0 aliphatic carbocycles. The van der Waals surface area contributed by atoms with Gasteiger partial charge in [0.15, 0.2) is 0 Å². The van der Waals surface area contributed by atoms with Crippen molar-refractivity contribution < 1.29 is 17.9 Å². The number of ether oxygens (including phenoxy) is 2. The van der Waals surface area contributed by atoms with E-state index in [0.717, 1.165) is 18.4 Å². The molecule has 0 spiro atoms. The largest absolute Gasteiger partial charge is 0.492 e. The Morgan fingerprint density at radius 1 is 1.50 bits per heavy atom. The van der Waals surface area contributed by atoms with Crippen molar-refractivity contribution in [1.29, 1.82) is 0 Å². The lowest BCUT2D eigenvalue weighted by Gasteiger charge is -2.21. The summed E-state index contributed by atoms with van der Waals surface area (Å²) in [6.45, 7) is 2.50. The van der Waals surface area contributed by atoms with Gasteiger partial charge in [-0.25, -0.2) is 13.1 Å². The molecular weight excluding hydrogens is 280 g/mol. The van der Waals surface area contributed by atoms with Crippen molar-refractivity contribution in [3.05, 3.63) is 17.7 Å². The number of benzene rings is 1. The van der Waals surface area contributed by atoms with Gasteiger partial charge in [0.2, 0.25) is 10.0 Å². The van der Waals surface area contributed by atoms with Crippen molar-refractivity contribution in [1.82, 2.24) is 4.72 Å². The number of nitrogen functional groups attached to an aromatic ring is 1. The molecule has 1 aliphatic heterocycles. The lowest BCUT2D eigenvalue weighted by molar-refractivity contribution is 0.122. The number of sulfonamides is 1. The molecule has 1 atom stereocenters. The van der Waals surface area contributed by atoms with Crippen LogP contribution < -0.4 is 15.2 Å². The van der Waals surface area contributed by atoms with Crippen LogP contribution in [0.1, 0.15) is 18.9 Å². The first-order valence-corrected chi connectivity index (χ1v) is 8.00. The third kappa shape index (κ3) is 3.23. The second-order valence-corrected chi connectivity index (χ2v) is 6.59. The smallest absolute Gasteiger partial charge is 0.244 e. The Labute approximate surface area is 119 Å². The Kier molecular flexibility index (Phi) is 4.52. The molecule has 6 nitrogen and oxygen atoms in total. The minimum atomic E-state index is -3.66. The number of hydrogen-bond acceptors (Lipinski definition) is 5. The molecule has 1 unspecified atom stereocenters. The second kappa shape index (κ2) is 5.99. The highest BCUT2D eigenvalue weighted by molar-refractivity contribution is 7.89. The topological polar surface area (TPSA) is 90.7 Å². The van der Waals surface area contributed by atoms with Gasteiger partial charge in [-0.3, -0.25) is 0 Å². The predicted octanol–water partition coefficient (Wildman–Crippen LogP) is 0.907. The summed E-state index contributed by atoms with van der Waals surface area (Å²) in [6, 6.07) is 3.20. The third-order valence-corrected chi connectivity index (χ3v) is 4.67. The van der Waals surface area contributed by atoms with Gasteiger partial charge in [0.1, 0.15) is 10.6 Å². The maximum atomic E-state index is 12.4. The van der Waals surface area contributed by atoms with Gasteiger partial charge in [0.25, 0.3) is 0 Å². The second-order valence-electron chi connectivity index (χ2n) is 4.86. The zero-order valence-corrected chi connectivity index (χ0v) is 12.5. The maximum Gasteiger partial charge on any atom is 0.244 e. The van der Waals surface area contributed by atoms with Crippen LogP contribution in [0.15, 0.2) is 17.0 Å². The first kappa shape index (κ1) is 15.1. The summed E-state index contributed by atoms with van der Waals surface area (Å²) in [7, 11) is -2.13. The average Bonchev–Trinajstić information content (AvgIpc) is 2.43. The van der Waals surface area contributed by atoms with Crippen LogP contribution in [0.2, 0.25) is 0 Å². The minimum Gasteiger partial charge on any atom is -0.492 e. The summed E-state index contributed by atoms with van der Waals surface area (Å²) >= 11 is 0. The average molecular weight is 300 g/mol. The Morgan fingerprint density at radius 2 is 2.25 bits per heavy atom. The summed E-state index contributed by atoms with van der Waals surface area (Å²) in [6.07, 6.45) is 1.43. The molecule has 0 radical (unpaired) electrons. The zero-order valence-electron chi connectivity index (χ0n) is 11.7. The Morgan fingerprint density at radius 3 is 2.95 bits per heavy atom. The molecule has 3 N–H and O–H groups in total. The number of hydrogen-bond donors (Lipinski definition) is 2. The SMILES string of the molecule is COC(C)CNS(=O)(=O)c1cc(N)cc2c1OCCC2. The third-order valence-electron chi connectivity index (χ3n) is 3.24. The van der Waals surface area contributed by atoms with Crippen LogP contribution >= 0.6 is 0 Å². The molecule has 1 aromatic rings. The molecule has 0 aromatic heterocycles. The molecule has 20 heavy (non-hydrogen) atoms. The number of nitrogens with one attached hydrogen (secondary N) is 1. The normalized spacial score (nSPS) is 16.3. The van der Waals surface area contributed by atoms with Gasteiger partial charge in [-0.2, -0.15) is 0 Å². The molecule has 1 heterocycles. The standard InChI is InChI=1S/C13H20N2O4S/c1-9(18-2)8-15-20(16,17)12-7-11(14)6-10-4-3-5-19-13(10)12/h6-7,9,15H,3-5,8,14H2,1-2H3. The highest BCUT2D eigenvalue weighted by Crippen LogP contribution is 2.34. The van der Waals surface area contributed by atoms with Gasteiger partial charge in [-0.15, -0.1) is 0 Å². The van der Waals surface area contributed by atoms with E-state index in [1.165, 1.54) is 13.2 Å². The predicted molar refractivity (Wildman–Crippen MR) is 76.3 cm³/mol. The Hall–Kier alpha value is -1.31. The summed E-state index contributed by atoms with van der Waals surface area (Å²) in [5.41, 5.74) is 7.06. The number of anilines is 1. The molecule has 1 aromatic carbocycles. The number of nitrogens with two attached hydrogens (primary N) is 1. The quantitative estimate of drug-likeness (QED) is 0.789. The minimum absolute atomic E-state index is 0.107. The number of rotatable bonds is 5. The Bertz CT molecular complexity index is 586. The van der Waals surface area contributed by atoms with Gasteiger partial charge in [0, 0.05) is 19.3 Å². The lowest BCUT2D eigenvalue weighted by atomic mass is 10.1. The first-order valence-electron chi connectivity index (χ1n) is 6.51. The van der Waals surface area contributed by atoms with Gasteiger partial charge in [-0.1, -0.05) is 0 Å². The van der Waals surface area contributed by atoms with E-state index >= 15 is 0 Å². The molecule has 0 amide bonds. The van der Waals surface area contributed by atoms with Crippen LogP contribution in [0.25, 0.3) is 0 Å². The van der Waals surface area contributed by atoms with Crippen molar-refractivity contribution in [2.45, 2.75) is 30.8 Å².